The molecule has 0 atom stereocenters. The first-order valence-corrected chi connectivity index (χ1v) is 26.6. The predicted molar refractivity (Wildman–Crippen MR) is 272 cm³/mol. The van der Waals surface area contributed by atoms with Gasteiger partial charge in [0.2, 0.25) is 0 Å². The van der Waals surface area contributed by atoms with Crippen molar-refractivity contribution in [1.29, 1.82) is 0 Å². The minimum atomic E-state index is -0.257. The number of rotatable bonds is 30. The van der Waals surface area contributed by atoms with E-state index in [-0.39, 0.29) is 35.7 Å². The van der Waals surface area contributed by atoms with Crippen LogP contribution in [0.3, 0.4) is 0 Å². The standard InChI is InChI=1S/C58H78N2O6/c1-7-13-19-23-27-39(28-24-20-14-8-2)59-55(61)43-33-31-41-49-42(32-34-44(50(43)49)56(59)62)53-48(66-36-18-12-6)38-46-51-45(37-47(52(41)54(51)53)65-35-17-11-5)57(63)60(58(46)64)40(29-25-21-15-9-3)30-26-22-16-10-4/h31-34,37-40H,7-30,35-36H2,1-6H3. The zero-order valence-corrected chi connectivity index (χ0v) is 41.3. The first kappa shape index (κ1) is 49.2. The molecule has 0 aliphatic carbocycles. The highest BCUT2D eigenvalue weighted by atomic mass is 16.5. The van der Waals surface area contributed by atoms with Gasteiger partial charge < -0.3 is 9.47 Å². The smallest absolute Gasteiger partial charge is 0.261 e. The van der Waals surface area contributed by atoms with Crippen molar-refractivity contribution in [2.75, 3.05) is 13.2 Å². The van der Waals surface area contributed by atoms with Crippen LogP contribution in [-0.4, -0.2) is 58.7 Å². The monoisotopic (exact) mass is 899 g/mol. The fourth-order valence-electron chi connectivity index (χ4n) is 11.0. The molecule has 0 aromatic heterocycles. The minimum Gasteiger partial charge on any atom is -0.493 e. The van der Waals surface area contributed by atoms with Crippen LogP contribution in [0.15, 0.2) is 36.4 Å². The lowest BCUT2D eigenvalue weighted by molar-refractivity contribution is 0.0501. The van der Waals surface area contributed by atoms with Crippen LogP contribution in [0, 0.1) is 0 Å². The fourth-order valence-corrected chi connectivity index (χ4v) is 11.0. The number of benzene rings is 5. The summed E-state index contributed by atoms with van der Waals surface area (Å²) in [6.45, 7) is 14.0. The zero-order valence-electron chi connectivity index (χ0n) is 41.3. The molecule has 2 aliphatic heterocycles. The Morgan fingerprint density at radius 1 is 0.364 bits per heavy atom. The Hall–Kier alpha value is -4.72. The van der Waals surface area contributed by atoms with Crippen LogP contribution in [-0.2, 0) is 0 Å². The lowest BCUT2D eigenvalue weighted by atomic mass is 9.81. The van der Waals surface area contributed by atoms with E-state index in [9.17, 15) is 9.59 Å². The van der Waals surface area contributed by atoms with Crippen molar-refractivity contribution in [2.24, 2.45) is 0 Å². The summed E-state index contributed by atoms with van der Waals surface area (Å²) in [5.74, 6) is 0.193. The predicted octanol–water partition coefficient (Wildman–Crippen LogP) is 15.9. The van der Waals surface area contributed by atoms with Gasteiger partial charge in [0.1, 0.15) is 11.5 Å². The van der Waals surface area contributed by atoms with Gasteiger partial charge >= 0.3 is 0 Å². The Morgan fingerprint density at radius 3 is 1.05 bits per heavy atom. The molecule has 66 heavy (non-hydrogen) atoms. The van der Waals surface area contributed by atoms with Crippen LogP contribution in [0.25, 0.3) is 43.1 Å². The van der Waals surface area contributed by atoms with Crippen molar-refractivity contribution in [2.45, 2.75) is 208 Å². The number of nitrogens with zero attached hydrogens (tertiary/aromatic N) is 2. The van der Waals surface area contributed by atoms with E-state index in [4.69, 9.17) is 9.47 Å². The molecule has 7 rings (SSSR count). The van der Waals surface area contributed by atoms with Crippen molar-refractivity contribution < 1.29 is 28.7 Å². The second-order valence-electron chi connectivity index (χ2n) is 19.5. The number of hydrogen-bond acceptors (Lipinski definition) is 6. The number of unbranched alkanes of at least 4 members (excludes halogenated alkanes) is 14. The Morgan fingerprint density at radius 2 is 0.697 bits per heavy atom. The highest BCUT2D eigenvalue weighted by molar-refractivity contribution is 6.43. The molecule has 0 bridgehead atoms. The van der Waals surface area contributed by atoms with Gasteiger partial charge in [0.25, 0.3) is 23.6 Å². The van der Waals surface area contributed by atoms with Crippen LogP contribution in [0.4, 0.5) is 0 Å². The normalized spacial score (nSPS) is 14.0. The molecule has 0 fully saturated rings. The summed E-state index contributed by atoms with van der Waals surface area (Å²) in [6, 6.07) is 11.3. The van der Waals surface area contributed by atoms with E-state index in [0.29, 0.717) is 57.7 Å². The topological polar surface area (TPSA) is 93.2 Å². The highest BCUT2D eigenvalue weighted by Crippen LogP contribution is 2.52. The highest BCUT2D eigenvalue weighted by Gasteiger charge is 2.42. The third-order valence-corrected chi connectivity index (χ3v) is 14.6. The summed E-state index contributed by atoms with van der Waals surface area (Å²) in [6.07, 6.45) is 24.0. The molecule has 0 radical (unpaired) electrons. The van der Waals surface area contributed by atoms with Gasteiger partial charge in [0, 0.05) is 50.1 Å². The summed E-state index contributed by atoms with van der Waals surface area (Å²) in [5.41, 5.74) is 2.06. The SMILES string of the molecule is CCCCCCC(CCCCCC)N1C(=O)c2ccc3c4c(OCCCC)cc5c6c(cc(OCCCC)c(c7ccc(c2c37)C1=O)c64)C(=O)N(C(CCCCCC)CCCCCC)C5=O. The summed E-state index contributed by atoms with van der Waals surface area (Å²) >= 11 is 0. The second-order valence-corrected chi connectivity index (χ2v) is 19.5. The number of carbonyl (C=O) groups is 4. The maximum absolute atomic E-state index is 15.2. The number of amides is 4. The van der Waals surface area contributed by atoms with E-state index in [2.05, 4.69) is 41.5 Å². The molecule has 5 aromatic carbocycles. The third kappa shape index (κ3) is 9.81. The van der Waals surface area contributed by atoms with Gasteiger partial charge in [-0.15, -0.1) is 0 Å². The van der Waals surface area contributed by atoms with Crippen LogP contribution < -0.4 is 9.47 Å². The molecular weight excluding hydrogens is 821 g/mol. The van der Waals surface area contributed by atoms with Crippen LogP contribution in [0.2, 0.25) is 0 Å². The van der Waals surface area contributed by atoms with E-state index in [1.54, 1.807) is 9.80 Å². The summed E-state index contributed by atoms with van der Waals surface area (Å²) in [4.78, 5) is 63.5. The number of carbonyl (C=O) groups excluding carboxylic acids is 4. The van der Waals surface area contributed by atoms with Crippen molar-refractivity contribution in [3.8, 4) is 11.5 Å². The van der Waals surface area contributed by atoms with E-state index < -0.39 is 0 Å². The van der Waals surface area contributed by atoms with Crippen LogP contribution in [0.1, 0.15) is 237 Å². The van der Waals surface area contributed by atoms with Gasteiger partial charge in [-0.2, -0.15) is 0 Å². The maximum Gasteiger partial charge on any atom is 0.261 e. The van der Waals surface area contributed by atoms with Crippen LogP contribution >= 0.6 is 0 Å². The molecule has 0 saturated carbocycles. The molecule has 0 unspecified atom stereocenters. The van der Waals surface area contributed by atoms with Crippen molar-refractivity contribution in [1.82, 2.24) is 9.80 Å². The van der Waals surface area contributed by atoms with Gasteiger partial charge in [0.05, 0.1) is 24.3 Å². The summed E-state index contributed by atoms with van der Waals surface area (Å²) in [5, 5.41) is 6.14. The van der Waals surface area contributed by atoms with Crippen molar-refractivity contribution in [3.63, 3.8) is 0 Å². The molecule has 5 aromatic rings. The zero-order chi connectivity index (χ0) is 46.7. The number of hydrogen-bond donors (Lipinski definition) is 0. The average molecular weight is 899 g/mol. The van der Waals surface area contributed by atoms with Gasteiger partial charge in [-0.3, -0.25) is 29.0 Å². The van der Waals surface area contributed by atoms with E-state index in [0.717, 1.165) is 186 Å². The first-order valence-electron chi connectivity index (χ1n) is 26.6. The molecular formula is C58H78N2O6. The maximum atomic E-state index is 15.2. The lowest BCUT2D eigenvalue weighted by Crippen LogP contribution is -2.47. The summed E-state index contributed by atoms with van der Waals surface area (Å²) in [7, 11) is 0. The Balaban J connectivity index is 1.45. The quantitative estimate of drug-likeness (QED) is 0.0197. The number of ether oxygens (including phenoxy) is 2. The van der Waals surface area contributed by atoms with Gasteiger partial charge in [-0.05, 0) is 78.9 Å². The van der Waals surface area contributed by atoms with Gasteiger partial charge in [0.15, 0.2) is 0 Å². The lowest BCUT2D eigenvalue weighted by Gasteiger charge is -2.36. The number of imide groups is 2. The second kappa shape index (κ2) is 23.3. The Labute approximate surface area is 394 Å². The Kier molecular flexibility index (Phi) is 17.4. The van der Waals surface area contributed by atoms with E-state index in [1.165, 1.54) is 0 Å². The largest absolute Gasteiger partial charge is 0.493 e. The van der Waals surface area contributed by atoms with Crippen molar-refractivity contribution >= 4 is 66.7 Å². The van der Waals surface area contributed by atoms with Gasteiger partial charge in [-0.1, -0.05) is 169 Å². The molecule has 8 nitrogen and oxygen atoms in total. The molecule has 0 saturated heterocycles. The molecule has 2 aliphatic rings. The molecule has 356 valence electrons. The first-order chi connectivity index (χ1) is 32.3. The molecule has 2 heterocycles. The third-order valence-electron chi connectivity index (χ3n) is 14.6. The molecule has 8 heteroatoms. The number of fused-ring (bicyclic) bond motifs is 2. The van der Waals surface area contributed by atoms with Crippen LogP contribution in [0.5, 0.6) is 11.5 Å². The van der Waals surface area contributed by atoms with E-state index >= 15 is 9.59 Å². The van der Waals surface area contributed by atoms with Crippen molar-refractivity contribution in [3.05, 3.63) is 58.7 Å². The molecule has 0 N–H and O–H groups in total. The van der Waals surface area contributed by atoms with E-state index in [1.807, 2.05) is 36.4 Å². The fraction of sp³-hybridized carbons (Fsp3) is 0.586. The summed E-state index contributed by atoms with van der Waals surface area (Å²) < 4.78 is 13.5. The van der Waals surface area contributed by atoms with Gasteiger partial charge in [-0.25, -0.2) is 0 Å². The average Bonchev–Trinajstić information content (AvgIpc) is 3.32. The molecule has 0 spiro atoms. The molecule has 4 amide bonds. The minimum absolute atomic E-state index is 0.162. The Bertz CT molecular complexity index is 2330.